The van der Waals surface area contributed by atoms with Gasteiger partial charge in [0, 0.05) is 11.1 Å². The van der Waals surface area contributed by atoms with Crippen molar-refractivity contribution >= 4 is 33.0 Å². The number of nitrogens with two attached hydrogens (primary N) is 2. The molecule has 0 saturated carbocycles. The molecule has 7 nitrogen and oxygen atoms in total. The van der Waals surface area contributed by atoms with Gasteiger partial charge in [0.25, 0.3) is 0 Å². The summed E-state index contributed by atoms with van der Waals surface area (Å²) in [5.74, 6) is 10.6. The van der Waals surface area contributed by atoms with Gasteiger partial charge in [-0.1, -0.05) is 108 Å². The van der Waals surface area contributed by atoms with Gasteiger partial charge in [0.05, 0.1) is 5.56 Å². The summed E-state index contributed by atoms with van der Waals surface area (Å²) in [7, 11) is 0. The van der Waals surface area contributed by atoms with E-state index in [9.17, 15) is 13.2 Å². The minimum absolute atomic E-state index is 0. The molecule has 5 aromatic rings. The van der Waals surface area contributed by atoms with Gasteiger partial charge in [0.2, 0.25) is 5.88 Å². The molecule has 1 heterocycles. The summed E-state index contributed by atoms with van der Waals surface area (Å²) in [6.07, 6.45) is 6.74. The summed E-state index contributed by atoms with van der Waals surface area (Å²) in [5, 5.41) is 19.2. The Labute approximate surface area is 364 Å². The molecule has 5 rings (SSSR count). The van der Waals surface area contributed by atoms with Crippen LogP contribution >= 0.6 is 0 Å². The zero-order valence-electron chi connectivity index (χ0n) is 34.1. The second-order valence-corrected chi connectivity index (χ2v) is 13.1. The van der Waals surface area contributed by atoms with Crippen LogP contribution in [0.3, 0.4) is 0 Å². The van der Waals surface area contributed by atoms with Crippen LogP contribution in [-0.2, 0) is 26.3 Å². The molecular formula is C49H48F3IrN6O. The van der Waals surface area contributed by atoms with Crippen LogP contribution in [0, 0.1) is 19.9 Å². The van der Waals surface area contributed by atoms with Gasteiger partial charge in [0.15, 0.2) is 0 Å². The molecule has 11 heteroatoms. The first-order valence-electron chi connectivity index (χ1n) is 18.1. The quantitative estimate of drug-likeness (QED) is 0.0342. The zero-order valence-corrected chi connectivity index (χ0v) is 36.5. The van der Waals surface area contributed by atoms with Crippen molar-refractivity contribution in [3.05, 3.63) is 207 Å². The van der Waals surface area contributed by atoms with E-state index in [1.165, 1.54) is 12.1 Å². The average Bonchev–Trinajstić information content (AvgIpc) is 3.18. The predicted octanol–water partition coefficient (Wildman–Crippen LogP) is 12.6. The van der Waals surface area contributed by atoms with Crippen molar-refractivity contribution in [3.63, 3.8) is 0 Å². The van der Waals surface area contributed by atoms with Crippen LogP contribution in [0.2, 0.25) is 0 Å². The van der Waals surface area contributed by atoms with Crippen LogP contribution in [0.1, 0.15) is 33.3 Å². The van der Waals surface area contributed by atoms with E-state index >= 15 is 0 Å². The molecule has 310 valence electrons. The maximum absolute atomic E-state index is 13.1. The minimum Gasteiger partial charge on any atom is -0.437 e. The number of ether oxygens (including phenoxy) is 1. The smallest absolute Gasteiger partial charge is 0.437 e. The van der Waals surface area contributed by atoms with E-state index in [1.54, 1.807) is 18.2 Å². The maximum Gasteiger partial charge on any atom is 3.00 e. The molecule has 0 amide bonds. The van der Waals surface area contributed by atoms with E-state index in [2.05, 4.69) is 66.6 Å². The third kappa shape index (κ3) is 14.3. The van der Waals surface area contributed by atoms with Crippen LogP contribution in [0.15, 0.2) is 191 Å². The van der Waals surface area contributed by atoms with E-state index in [4.69, 9.17) is 16.4 Å². The molecule has 0 aliphatic carbocycles. The van der Waals surface area contributed by atoms with E-state index in [0.717, 1.165) is 56.1 Å². The van der Waals surface area contributed by atoms with Gasteiger partial charge >= 0.3 is 26.3 Å². The van der Waals surface area contributed by atoms with Crippen LogP contribution < -0.4 is 16.4 Å². The Hall–Kier alpha value is -6.68. The second kappa shape index (κ2) is 23.7. The van der Waals surface area contributed by atoms with E-state index in [1.807, 2.05) is 107 Å². The van der Waals surface area contributed by atoms with Crippen molar-refractivity contribution in [3.8, 4) is 22.9 Å². The second-order valence-electron chi connectivity index (χ2n) is 13.1. The number of aromatic nitrogens is 2. The first-order valence-corrected chi connectivity index (χ1v) is 18.1. The molecule has 1 aromatic heterocycles. The van der Waals surface area contributed by atoms with Crippen molar-refractivity contribution < 1.29 is 38.0 Å². The summed E-state index contributed by atoms with van der Waals surface area (Å²) < 4.78 is 45.0. The topological polar surface area (TPSA) is 112 Å². The maximum atomic E-state index is 13.1. The first-order chi connectivity index (χ1) is 28.0. The number of benzene rings is 4. The standard InChI is InChI=1S/C25H14F3N2O.2C12H17N2.Ir/c26-25(27,28)19-11-6-12-20(15-19)31-24-22-14-18-10-5-4-9-17(18)13-21(22)23(29-30-24)16-7-2-1-3-8-16;2*1-6-7-10(4)8-11(5)12(14-13)9(2)3;/h1-7,9-15H;2*6-8H,1-3,13H2,4-5H3;/q3*-1;+3/b;2*10-7+,11-8+,14-12-;. The summed E-state index contributed by atoms with van der Waals surface area (Å²) in [5.41, 5.74) is 7.18. The number of hydrazone groups is 2. The zero-order chi connectivity index (χ0) is 43.7. The van der Waals surface area contributed by atoms with Crippen molar-refractivity contribution in [2.24, 2.45) is 21.9 Å². The Kier molecular flexibility index (Phi) is 19.5. The molecule has 0 unspecified atom stereocenters. The first kappa shape index (κ1) is 49.5. The number of hydrogen-bond donors (Lipinski definition) is 2. The summed E-state index contributed by atoms with van der Waals surface area (Å²) in [4.78, 5) is 0. The van der Waals surface area contributed by atoms with Crippen molar-refractivity contribution in [1.82, 2.24) is 10.2 Å². The molecule has 0 aliphatic rings. The third-order valence-corrected chi connectivity index (χ3v) is 8.28. The summed E-state index contributed by atoms with van der Waals surface area (Å²) in [6.45, 7) is 29.8. The molecule has 0 atom stereocenters. The fourth-order valence-electron chi connectivity index (χ4n) is 5.71. The minimum atomic E-state index is -4.46. The van der Waals surface area contributed by atoms with E-state index in [-0.39, 0.29) is 31.7 Å². The van der Waals surface area contributed by atoms with Crippen molar-refractivity contribution in [1.29, 1.82) is 0 Å². The van der Waals surface area contributed by atoms with Crippen LogP contribution in [0.25, 0.3) is 32.8 Å². The largest absolute Gasteiger partial charge is 3.00 e. The molecule has 0 fully saturated rings. The number of fused-ring (bicyclic) bond motifs is 2. The van der Waals surface area contributed by atoms with Gasteiger partial charge in [-0.15, -0.1) is 41.0 Å². The van der Waals surface area contributed by atoms with Gasteiger partial charge in [-0.3, -0.25) is 0 Å². The number of allylic oxidation sites excluding steroid dienone is 12. The molecule has 0 bridgehead atoms. The number of alkyl halides is 3. The summed E-state index contributed by atoms with van der Waals surface area (Å²) >= 11 is 0. The molecule has 4 N–H and O–H groups in total. The fraction of sp³-hybridized carbons (Fsp3) is 0.102. The molecule has 4 aromatic carbocycles. The molecule has 0 saturated heterocycles. The number of rotatable bonds is 11. The molecular weight excluding hydrogens is 938 g/mol. The molecule has 0 spiro atoms. The Morgan fingerprint density at radius 3 is 1.70 bits per heavy atom. The Balaban J connectivity index is 0.000000360. The number of halogens is 3. The Bertz CT molecular complexity index is 2450. The average molecular weight is 986 g/mol. The number of hydrogen-bond acceptors (Lipinski definition) is 7. The van der Waals surface area contributed by atoms with E-state index in [0.29, 0.717) is 33.6 Å². The molecule has 0 radical (unpaired) electrons. The van der Waals surface area contributed by atoms with Gasteiger partial charge in [-0.25, -0.2) is 10.2 Å². The van der Waals surface area contributed by atoms with Crippen LogP contribution in [0.5, 0.6) is 11.6 Å². The third-order valence-electron chi connectivity index (χ3n) is 8.28. The fourth-order valence-corrected chi connectivity index (χ4v) is 5.71. The molecule has 60 heavy (non-hydrogen) atoms. The van der Waals surface area contributed by atoms with Crippen LogP contribution in [-0.4, -0.2) is 21.6 Å². The van der Waals surface area contributed by atoms with Gasteiger partial charge in [-0.2, -0.15) is 56.4 Å². The predicted molar refractivity (Wildman–Crippen MR) is 240 cm³/mol. The monoisotopic (exact) mass is 986 g/mol. The van der Waals surface area contributed by atoms with Crippen molar-refractivity contribution in [2.45, 2.75) is 33.9 Å². The molecule has 0 aliphatic heterocycles. The van der Waals surface area contributed by atoms with Crippen molar-refractivity contribution in [2.75, 3.05) is 0 Å². The summed E-state index contributed by atoms with van der Waals surface area (Å²) in [6, 6.07) is 27.0. The van der Waals surface area contributed by atoms with E-state index < -0.39 is 11.7 Å². The normalized spacial score (nSPS) is 12.6. The van der Waals surface area contributed by atoms with Gasteiger partial charge in [0.1, 0.15) is 5.75 Å². The SMILES string of the molecule is C=C/C=C(C)/C=C(C)/C(=N\N)C(=C)[CH2-].C=C/C=C(C)/C=C(C)/C(=N\N)C(=C)[CH2-].FC(F)(F)c1cccc(Oc2nnc(-c3[c-]cccc3)c3cc4ccccc4cc23)c1.[Ir+3]. The van der Waals surface area contributed by atoms with Gasteiger partial charge < -0.3 is 16.4 Å². The van der Waals surface area contributed by atoms with Crippen LogP contribution in [0.4, 0.5) is 13.2 Å². The Morgan fingerprint density at radius 2 is 1.25 bits per heavy atom. The Morgan fingerprint density at radius 1 is 0.733 bits per heavy atom. The van der Waals surface area contributed by atoms with Gasteiger partial charge in [-0.05, 0) is 79.5 Å². The number of nitrogens with zero attached hydrogens (tertiary/aromatic N) is 4.